The molecule has 5 heteroatoms. The van der Waals surface area contributed by atoms with Crippen molar-refractivity contribution < 1.29 is 13.2 Å². The average Bonchev–Trinajstić information content (AvgIpc) is 2.40. The third-order valence-electron chi connectivity index (χ3n) is 3.79. The summed E-state index contributed by atoms with van der Waals surface area (Å²) in [7, 11) is 0. The molecule has 0 amide bonds. The van der Waals surface area contributed by atoms with Crippen molar-refractivity contribution in [1.29, 1.82) is 0 Å². The number of hydrogen-bond acceptors (Lipinski definition) is 1. The SMILES string of the molecule is FC(F)(F)c1cc(NCC2Cc3ccccc32)ccc1Cl. The quantitative estimate of drug-likeness (QED) is 0.830. The van der Waals surface area contributed by atoms with E-state index in [2.05, 4.69) is 17.4 Å². The van der Waals surface area contributed by atoms with Gasteiger partial charge in [-0.05, 0) is 35.7 Å². The summed E-state index contributed by atoms with van der Waals surface area (Å²) in [6.07, 6.45) is -3.47. The molecule has 1 nitrogen and oxygen atoms in total. The normalized spacial score (nSPS) is 17.0. The molecule has 1 aliphatic carbocycles. The number of hydrogen-bond donors (Lipinski definition) is 1. The van der Waals surface area contributed by atoms with Gasteiger partial charge in [0.25, 0.3) is 0 Å². The highest BCUT2D eigenvalue weighted by molar-refractivity contribution is 6.31. The van der Waals surface area contributed by atoms with Gasteiger partial charge >= 0.3 is 6.18 Å². The van der Waals surface area contributed by atoms with Gasteiger partial charge < -0.3 is 5.32 Å². The van der Waals surface area contributed by atoms with E-state index in [-0.39, 0.29) is 5.02 Å². The van der Waals surface area contributed by atoms with Gasteiger partial charge in [-0.1, -0.05) is 35.9 Å². The number of rotatable bonds is 3. The fraction of sp³-hybridized carbons (Fsp3) is 0.250. The van der Waals surface area contributed by atoms with Crippen LogP contribution in [0.4, 0.5) is 18.9 Å². The first-order chi connectivity index (χ1) is 9.95. The number of nitrogens with one attached hydrogen (secondary N) is 1. The molecule has 0 spiro atoms. The molecule has 110 valence electrons. The average molecular weight is 312 g/mol. The van der Waals surface area contributed by atoms with Crippen LogP contribution in [0.3, 0.4) is 0 Å². The Labute approximate surface area is 125 Å². The highest BCUT2D eigenvalue weighted by Crippen LogP contribution is 2.37. The molecule has 21 heavy (non-hydrogen) atoms. The van der Waals surface area contributed by atoms with Gasteiger partial charge in [0.2, 0.25) is 0 Å². The van der Waals surface area contributed by atoms with Gasteiger partial charge in [-0.15, -0.1) is 0 Å². The summed E-state index contributed by atoms with van der Waals surface area (Å²) < 4.78 is 38.4. The first-order valence-corrected chi connectivity index (χ1v) is 7.01. The molecule has 1 aliphatic rings. The minimum Gasteiger partial charge on any atom is -0.384 e. The molecule has 0 radical (unpaired) electrons. The van der Waals surface area contributed by atoms with Gasteiger partial charge in [-0.3, -0.25) is 0 Å². The van der Waals surface area contributed by atoms with Gasteiger partial charge in [0.05, 0.1) is 10.6 Å². The minimum atomic E-state index is -4.43. The van der Waals surface area contributed by atoms with Gasteiger partial charge in [-0.25, -0.2) is 0 Å². The lowest BCUT2D eigenvalue weighted by Gasteiger charge is -2.30. The fourth-order valence-electron chi connectivity index (χ4n) is 2.64. The number of alkyl halides is 3. The third kappa shape index (κ3) is 2.86. The van der Waals surface area contributed by atoms with Crippen LogP contribution in [0.25, 0.3) is 0 Å². The van der Waals surface area contributed by atoms with Crippen molar-refractivity contribution in [3.8, 4) is 0 Å². The maximum atomic E-state index is 12.8. The summed E-state index contributed by atoms with van der Waals surface area (Å²) >= 11 is 5.60. The predicted molar refractivity (Wildman–Crippen MR) is 77.8 cm³/mol. The molecule has 3 rings (SSSR count). The maximum absolute atomic E-state index is 12.8. The largest absolute Gasteiger partial charge is 0.417 e. The molecule has 1 atom stereocenters. The molecule has 2 aromatic rings. The van der Waals surface area contributed by atoms with E-state index < -0.39 is 11.7 Å². The van der Waals surface area contributed by atoms with E-state index in [0.717, 1.165) is 12.5 Å². The van der Waals surface area contributed by atoms with E-state index in [1.807, 2.05) is 12.1 Å². The van der Waals surface area contributed by atoms with Crippen LogP contribution in [-0.4, -0.2) is 6.54 Å². The molecular weight excluding hydrogens is 299 g/mol. The van der Waals surface area contributed by atoms with Gasteiger partial charge in [-0.2, -0.15) is 13.2 Å². The first-order valence-electron chi connectivity index (χ1n) is 6.63. The van der Waals surface area contributed by atoms with Crippen molar-refractivity contribution in [2.45, 2.75) is 18.5 Å². The van der Waals surface area contributed by atoms with E-state index in [1.165, 1.54) is 17.2 Å². The number of fused-ring (bicyclic) bond motifs is 1. The van der Waals surface area contributed by atoms with Crippen molar-refractivity contribution in [2.24, 2.45) is 0 Å². The zero-order valence-corrected chi connectivity index (χ0v) is 11.8. The lowest BCUT2D eigenvalue weighted by atomic mass is 9.77. The lowest BCUT2D eigenvalue weighted by molar-refractivity contribution is -0.137. The molecule has 2 aromatic carbocycles. The summed E-state index contributed by atoms with van der Waals surface area (Å²) in [6.45, 7) is 0.621. The highest BCUT2D eigenvalue weighted by Gasteiger charge is 2.33. The molecule has 0 aromatic heterocycles. The van der Waals surface area contributed by atoms with Crippen molar-refractivity contribution in [1.82, 2.24) is 0 Å². The standard InChI is InChI=1S/C16H13ClF3N/c17-15-6-5-12(8-14(15)16(18,19)20)21-9-11-7-10-3-1-2-4-13(10)11/h1-6,8,11,21H,7,9H2. The minimum absolute atomic E-state index is 0.276. The lowest BCUT2D eigenvalue weighted by Crippen LogP contribution is -2.24. The van der Waals surface area contributed by atoms with Crippen LogP contribution in [0.15, 0.2) is 42.5 Å². The third-order valence-corrected chi connectivity index (χ3v) is 4.12. The molecule has 0 aliphatic heterocycles. The smallest absolute Gasteiger partial charge is 0.384 e. The Morgan fingerprint density at radius 3 is 2.62 bits per heavy atom. The van der Waals surface area contributed by atoms with Gasteiger partial charge in [0.15, 0.2) is 0 Å². The zero-order chi connectivity index (χ0) is 15.0. The second-order valence-corrected chi connectivity index (χ2v) is 5.58. The molecule has 0 saturated carbocycles. The highest BCUT2D eigenvalue weighted by atomic mass is 35.5. The van der Waals surface area contributed by atoms with E-state index in [1.54, 1.807) is 6.07 Å². The van der Waals surface area contributed by atoms with Crippen LogP contribution in [0, 0.1) is 0 Å². The Bertz CT molecular complexity index is 667. The Morgan fingerprint density at radius 2 is 1.90 bits per heavy atom. The second kappa shape index (κ2) is 5.26. The monoisotopic (exact) mass is 311 g/mol. The van der Waals surface area contributed by atoms with E-state index in [9.17, 15) is 13.2 Å². The summed E-state index contributed by atoms with van der Waals surface area (Å²) in [5.41, 5.74) is 2.23. The number of halogens is 4. The van der Waals surface area contributed by atoms with Crippen LogP contribution in [0.5, 0.6) is 0 Å². The summed E-state index contributed by atoms with van der Waals surface area (Å²) in [4.78, 5) is 0. The molecule has 1 unspecified atom stereocenters. The Morgan fingerprint density at radius 1 is 1.14 bits per heavy atom. The molecule has 1 N–H and O–H groups in total. The van der Waals surface area contributed by atoms with Crippen LogP contribution < -0.4 is 5.32 Å². The molecule has 0 fully saturated rings. The van der Waals surface area contributed by atoms with Crippen LogP contribution in [0.2, 0.25) is 5.02 Å². The van der Waals surface area contributed by atoms with Crippen LogP contribution in [0.1, 0.15) is 22.6 Å². The zero-order valence-electron chi connectivity index (χ0n) is 11.0. The number of anilines is 1. The molecular formula is C16H13ClF3N. The van der Waals surface area contributed by atoms with Crippen molar-refractivity contribution in [2.75, 3.05) is 11.9 Å². The molecule has 0 bridgehead atoms. The van der Waals surface area contributed by atoms with E-state index in [4.69, 9.17) is 11.6 Å². The Kier molecular flexibility index (Phi) is 3.57. The Balaban J connectivity index is 1.70. The van der Waals surface area contributed by atoms with Crippen LogP contribution in [-0.2, 0) is 12.6 Å². The van der Waals surface area contributed by atoms with E-state index >= 15 is 0 Å². The van der Waals surface area contributed by atoms with E-state index in [0.29, 0.717) is 18.2 Å². The molecule has 0 saturated heterocycles. The van der Waals surface area contributed by atoms with Crippen molar-refractivity contribution in [3.63, 3.8) is 0 Å². The van der Waals surface area contributed by atoms with Gasteiger partial charge in [0.1, 0.15) is 0 Å². The fourth-order valence-corrected chi connectivity index (χ4v) is 2.86. The Hall–Kier alpha value is -1.68. The summed E-state index contributed by atoms with van der Waals surface area (Å²) in [5.74, 6) is 0.353. The predicted octanol–water partition coefficient (Wildman–Crippen LogP) is 5.11. The summed E-state index contributed by atoms with van der Waals surface area (Å²) in [6, 6.07) is 12.0. The summed E-state index contributed by atoms with van der Waals surface area (Å²) in [5, 5.41) is 2.79. The molecule has 0 heterocycles. The van der Waals surface area contributed by atoms with Crippen LogP contribution >= 0.6 is 11.6 Å². The van der Waals surface area contributed by atoms with Gasteiger partial charge in [0, 0.05) is 18.2 Å². The first kappa shape index (κ1) is 14.3. The van der Waals surface area contributed by atoms with Crippen molar-refractivity contribution >= 4 is 17.3 Å². The number of benzene rings is 2. The topological polar surface area (TPSA) is 12.0 Å². The van der Waals surface area contributed by atoms with Crippen molar-refractivity contribution in [3.05, 3.63) is 64.2 Å². The maximum Gasteiger partial charge on any atom is 0.417 e. The second-order valence-electron chi connectivity index (χ2n) is 5.17.